The van der Waals surface area contributed by atoms with E-state index in [1.165, 1.54) is 35.7 Å². The van der Waals surface area contributed by atoms with Crippen LogP contribution >= 0.6 is 11.8 Å². The maximum absolute atomic E-state index is 12.2. The molecule has 32 heavy (non-hydrogen) atoms. The Morgan fingerprint density at radius 1 is 1.19 bits per heavy atom. The highest BCUT2D eigenvalue weighted by atomic mass is 32.2. The number of hydrazone groups is 1. The van der Waals surface area contributed by atoms with Gasteiger partial charge in [-0.1, -0.05) is 32.9 Å². The number of hydrogen-bond donors (Lipinski definition) is 4. The lowest BCUT2D eigenvalue weighted by Crippen LogP contribution is -2.36. The number of aromatic amines is 1. The third-order valence-electron chi connectivity index (χ3n) is 4.83. The van der Waals surface area contributed by atoms with Gasteiger partial charge in [0.25, 0.3) is 11.7 Å². The first-order chi connectivity index (χ1) is 15.2. The third kappa shape index (κ3) is 5.67. The van der Waals surface area contributed by atoms with Crippen LogP contribution in [0.25, 0.3) is 11.4 Å². The Kier molecular flexibility index (Phi) is 7.19. The number of benzene rings is 2. The molecule has 0 aliphatic carbocycles. The summed E-state index contributed by atoms with van der Waals surface area (Å²) in [6, 6.07) is 12.7. The van der Waals surface area contributed by atoms with Crippen molar-refractivity contribution in [1.29, 1.82) is 0 Å². The molecule has 2 aromatic carbocycles. The maximum atomic E-state index is 12.2. The average molecular weight is 455 g/mol. The minimum absolute atomic E-state index is 0.0900. The molecule has 168 valence electrons. The van der Waals surface area contributed by atoms with E-state index in [0.717, 1.165) is 11.4 Å². The van der Waals surface area contributed by atoms with Crippen molar-refractivity contribution >= 4 is 23.9 Å². The first kappa shape index (κ1) is 23.3. The van der Waals surface area contributed by atoms with E-state index in [-0.39, 0.29) is 28.6 Å². The molecule has 9 heteroatoms. The van der Waals surface area contributed by atoms with Crippen LogP contribution in [0.15, 0.2) is 52.7 Å². The lowest BCUT2D eigenvalue weighted by Gasteiger charge is -2.18. The summed E-state index contributed by atoms with van der Waals surface area (Å²) < 4.78 is 2.03. The molecule has 0 unspecified atom stereocenters. The SMILES string of the molecule is CC[n+]1c(SCC(=O)N/N=C/c2ccc(O)c(O)c2)n[nH]c1-c1ccc(C(C)(C)C)cc1. The molecular weight excluding hydrogens is 426 g/mol. The molecule has 1 heterocycles. The second kappa shape index (κ2) is 9.86. The Balaban J connectivity index is 1.62. The van der Waals surface area contributed by atoms with Crippen LogP contribution in [0.5, 0.6) is 11.5 Å². The number of carbonyl (C=O) groups excluding carboxylic acids is 1. The lowest BCUT2D eigenvalue weighted by atomic mass is 9.87. The van der Waals surface area contributed by atoms with E-state index in [1.54, 1.807) is 6.07 Å². The normalized spacial score (nSPS) is 11.8. The Hall–Kier alpha value is -3.33. The number of aromatic hydroxyl groups is 2. The molecule has 0 atom stereocenters. The van der Waals surface area contributed by atoms with Crippen molar-refractivity contribution in [2.24, 2.45) is 5.10 Å². The second-order valence-electron chi connectivity index (χ2n) is 8.26. The lowest BCUT2D eigenvalue weighted by molar-refractivity contribution is -0.719. The maximum Gasteiger partial charge on any atom is 0.337 e. The van der Waals surface area contributed by atoms with E-state index < -0.39 is 0 Å². The van der Waals surface area contributed by atoms with Crippen molar-refractivity contribution in [2.45, 2.75) is 44.8 Å². The molecule has 3 rings (SSSR count). The number of aromatic nitrogens is 3. The van der Waals surface area contributed by atoms with Crippen molar-refractivity contribution in [3.63, 3.8) is 0 Å². The number of thioether (sulfide) groups is 1. The smallest absolute Gasteiger partial charge is 0.337 e. The number of phenolic OH excluding ortho intramolecular Hbond substituents is 2. The topological polar surface area (TPSA) is 114 Å². The van der Waals surface area contributed by atoms with Crippen molar-refractivity contribution in [1.82, 2.24) is 15.6 Å². The van der Waals surface area contributed by atoms with Gasteiger partial charge < -0.3 is 10.2 Å². The fourth-order valence-electron chi connectivity index (χ4n) is 3.03. The standard InChI is InChI=1S/C23H27N5O3S/c1-5-28-21(16-7-9-17(10-8-16)23(2,3)4)26-27-22(28)32-14-20(31)25-24-13-15-6-11-18(29)19(30)12-15/h6-13H,5,14H2,1-4H3,(H3,24,25,29,30,31)/p+1. The molecule has 4 N–H and O–H groups in total. The van der Waals surface area contributed by atoms with Crippen molar-refractivity contribution in [2.75, 3.05) is 5.75 Å². The minimum atomic E-state index is -0.281. The highest BCUT2D eigenvalue weighted by Gasteiger charge is 2.22. The minimum Gasteiger partial charge on any atom is -0.504 e. The van der Waals surface area contributed by atoms with Crippen LogP contribution in [0, 0.1) is 0 Å². The summed E-state index contributed by atoms with van der Waals surface area (Å²) in [5.41, 5.74) is 5.38. The van der Waals surface area contributed by atoms with Crippen molar-refractivity contribution < 1.29 is 19.6 Å². The van der Waals surface area contributed by atoms with Crippen LogP contribution in [-0.2, 0) is 16.8 Å². The van der Waals surface area contributed by atoms with Gasteiger partial charge in [0.2, 0.25) is 0 Å². The van der Waals surface area contributed by atoms with E-state index in [2.05, 4.69) is 65.8 Å². The molecule has 8 nitrogen and oxygen atoms in total. The summed E-state index contributed by atoms with van der Waals surface area (Å²) >= 11 is 1.31. The van der Waals surface area contributed by atoms with E-state index in [0.29, 0.717) is 17.3 Å². The molecule has 1 amide bonds. The summed E-state index contributed by atoms with van der Waals surface area (Å²) in [7, 11) is 0. The first-order valence-corrected chi connectivity index (χ1v) is 11.2. The molecule has 0 radical (unpaired) electrons. The van der Waals surface area contributed by atoms with Gasteiger partial charge in [0.15, 0.2) is 11.5 Å². The number of nitrogens with zero attached hydrogens (tertiary/aromatic N) is 3. The predicted molar refractivity (Wildman–Crippen MR) is 125 cm³/mol. The molecule has 0 bridgehead atoms. The number of amides is 1. The van der Waals surface area contributed by atoms with Gasteiger partial charge in [0.05, 0.1) is 29.2 Å². The monoisotopic (exact) mass is 454 g/mol. The fraction of sp³-hybridized carbons (Fsp3) is 0.304. The Labute approximate surface area is 191 Å². The largest absolute Gasteiger partial charge is 0.504 e. The van der Waals surface area contributed by atoms with Crippen LogP contribution in [0.3, 0.4) is 0 Å². The molecule has 0 saturated carbocycles. The predicted octanol–water partition coefficient (Wildman–Crippen LogP) is 3.34. The number of carbonyl (C=O) groups is 1. The molecule has 3 aromatic rings. The van der Waals surface area contributed by atoms with E-state index in [9.17, 15) is 15.0 Å². The van der Waals surface area contributed by atoms with Crippen LogP contribution in [0.2, 0.25) is 0 Å². The van der Waals surface area contributed by atoms with Gasteiger partial charge in [-0.25, -0.2) is 9.99 Å². The first-order valence-electron chi connectivity index (χ1n) is 10.2. The molecule has 0 aliphatic heterocycles. The van der Waals surface area contributed by atoms with Gasteiger partial charge in [-0.2, -0.15) is 5.10 Å². The molecule has 0 saturated heterocycles. The average Bonchev–Trinajstić information content (AvgIpc) is 3.17. The fourth-order valence-corrected chi connectivity index (χ4v) is 3.84. The van der Waals surface area contributed by atoms with Crippen molar-refractivity contribution in [3.05, 3.63) is 53.6 Å². The molecular formula is C23H28N5O3S+. The summed E-state index contributed by atoms with van der Waals surface area (Å²) in [5.74, 6) is 0.292. The molecule has 1 aromatic heterocycles. The van der Waals surface area contributed by atoms with Gasteiger partial charge >= 0.3 is 5.16 Å². The van der Waals surface area contributed by atoms with Crippen LogP contribution in [0.1, 0.15) is 38.8 Å². The highest BCUT2D eigenvalue weighted by Crippen LogP contribution is 2.25. The van der Waals surface area contributed by atoms with Gasteiger partial charge in [0, 0.05) is 0 Å². The number of phenols is 2. The third-order valence-corrected chi connectivity index (χ3v) is 5.81. The Morgan fingerprint density at radius 3 is 2.53 bits per heavy atom. The Morgan fingerprint density at radius 2 is 1.91 bits per heavy atom. The second-order valence-corrected chi connectivity index (χ2v) is 9.20. The summed E-state index contributed by atoms with van der Waals surface area (Å²) in [6.45, 7) is 9.29. The van der Waals surface area contributed by atoms with Crippen LogP contribution in [-0.4, -0.2) is 38.3 Å². The molecule has 0 aliphatic rings. The van der Waals surface area contributed by atoms with Crippen LogP contribution in [0.4, 0.5) is 0 Å². The van der Waals surface area contributed by atoms with Gasteiger partial charge in [0.1, 0.15) is 0 Å². The molecule has 0 spiro atoms. The zero-order chi connectivity index (χ0) is 23.3. The quantitative estimate of drug-likeness (QED) is 0.144. The van der Waals surface area contributed by atoms with Gasteiger partial charge in [-0.3, -0.25) is 4.79 Å². The number of H-pyrrole nitrogens is 1. The Bertz CT molecular complexity index is 1120. The van der Waals surface area contributed by atoms with Gasteiger partial charge in [-0.15, -0.1) is 5.10 Å². The number of nitrogens with one attached hydrogen (secondary N) is 2. The molecule has 0 fully saturated rings. The highest BCUT2D eigenvalue weighted by molar-refractivity contribution is 7.99. The number of rotatable bonds is 7. The zero-order valence-corrected chi connectivity index (χ0v) is 19.4. The van der Waals surface area contributed by atoms with E-state index in [4.69, 9.17) is 0 Å². The van der Waals surface area contributed by atoms with Crippen LogP contribution < -0.4 is 9.99 Å². The van der Waals surface area contributed by atoms with Gasteiger partial charge in [-0.05, 0) is 65.6 Å². The summed E-state index contributed by atoms with van der Waals surface area (Å²) in [4.78, 5) is 12.2. The van der Waals surface area contributed by atoms with E-state index in [1.807, 2.05) is 11.5 Å². The zero-order valence-electron chi connectivity index (χ0n) is 18.6. The summed E-state index contributed by atoms with van der Waals surface area (Å²) in [6.07, 6.45) is 1.39. The summed E-state index contributed by atoms with van der Waals surface area (Å²) in [5, 5.41) is 30.9. The number of hydrogen-bond acceptors (Lipinski definition) is 6. The van der Waals surface area contributed by atoms with Crippen molar-refractivity contribution in [3.8, 4) is 22.9 Å². The van der Waals surface area contributed by atoms with E-state index >= 15 is 0 Å².